The second kappa shape index (κ2) is 10.5. The Labute approximate surface area is 216 Å². The highest BCUT2D eigenvalue weighted by molar-refractivity contribution is 6.31. The molecule has 0 atom stereocenters. The van der Waals surface area contributed by atoms with Crippen molar-refractivity contribution in [3.8, 4) is 16.9 Å². The molecule has 0 N–H and O–H groups in total. The predicted octanol–water partition coefficient (Wildman–Crippen LogP) is 5.74. The highest BCUT2D eigenvalue weighted by Gasteiger charge is 2.17. The molecule has 0 unspecified atom stereocenters. The first-order valence-electron chi connectivity index (χ1n) is 11.3. The molecular formula is C29H19ClN2O5. The van der Waals surface area contributed by atoms with Crippen LogP contribution in [0.25, 0.3) is 34.0 Å². The molecule has 182 valence electrons. The summed E-state index contributed by atoms with van der Waals surface area (Å²) in [6.45, 7) is -0.437. The van der Waals surface area contributed by atoms with Gasteiger partial charge in [-0.3, -0.25) is 4.79 Å². The predicted molar refractivity (Wildman–Crippen MR) is 141 cm³/mol. The van der Waals surface area contributed by atoms with Gasteiger partial charge in [-0.25, -0.2) is 14.3 Å². The van der Waals surface area contributed by atoms with Crippen molar-refractivity contribution in [1.82, 2.24) is 9.78 Å². The smallest absolute Gasteiger partial charge is 0.345 e. The number of fused-ring (bicyclic) bond motifs is 1. The van der Waals surface area contributed by atoms with Gasteiger partial charge in [0.2, 0.25) is 0 Å². The number of nitrogens with zero attached hydrogens (tertiary/aromatic N) is 2. The summed E-state index contributed by atoms with van der Waals surface area (Å²) in [7, 11) is 0. The number of esters is 1. The van der Waals surface area contributed by atoms with Gasteiger partial charge in [0.05, 0.1) is 11.3 Å². The summed E-state index contributed by atoms with van der Waals surface area (Å²) in [5, 5.41) is 5.76. The van der Waals surface area contributed by atoms with Crippen LogP contribution in [0.5, 0.6) is 0 Å². The lowest BCUT2D eigenvalue weighted by Gasteiger charge is -2.03. The molecule has 5 rings (SSSR count). The van der Waals surface area contributed by atoms with Gasteiger partial charge in [-0.2, -0.15) is 5.10 Å². The number of ketones is 1. The number of ether oxygens (including phenoxy) is 1. The second-order valence-electron chi connectivity index (χ2n) is 8.07. The second-order valence-corrected chi connectivity index (χ2v) is 8.51. The molecule has 0 amide bonds. The lowest BCUT2D eigenvalue weighted by Crippen LogP contribution is -2.12. The molecule has 0 saturated carbocycles. The number of aromatic nitrogens is 2. The van der Waals surface area contributed by atoms with Crippen molar-refractivity contribution in [2.45, 2.75) is 0 Å². The lowest BCUT2D eigenvalue weighted by molar-refractivity contribution is -0.136. The van der Waals surface area contributed by atoms with E-state index in [0.717, 1.165) is 11.1 Å². The Morgan fingerprint density at radius 1 is 0.973 bits per heavy atom. The van der Waals surface area contributed by atoms with E-state index >= 15 is 0 Å². The number of halogens is 1. The minimum atomic E-state index is -0.723. The third-order valence-electron chi connectivity index (χ3n) is 5.55. The van der Waals surface area contributed by atoms with E-state index in [4.69, 9.17) is 20.8 Å². The standard InChI is InChI=1S/C29H19ClN2O5/c30-22-9-6-8-19(15-22)25(33)18-36-27(34)14-13-21-17-32(23-10-2-1-3-11-23)31-28(21)24-16-20-7-4-5-12-26(20)37-29(24)35/h1-17H,18H2. The summed E-state index contributed by atoms with van der Waals surface area (Å²) < 4.78 is 12.2. The van der Waals surface area contributed by atoms with Crippen LogP contribution in [0.1, 0.15) is 15.9 Å². The summed E-state index contributed by atoms with van der Waals surface area (Å²) in [5.41, 5.74) is 2.09. The summed E-state index contributed by atoms with van der Waals surface area (Å²) in [6, 6.07) is 24.6. The molecule has 0 radical (unpaired) electrons. The van der Waals surface area contributed by atoms with Gasteiger partial charge in [0.25, 0.3) is 0 Å². The van der Waals surface area contributed by atoms with E-state index in [2.05, 4.69) is 5.10 Å². The normalized spacial score (nSPS) is 11.2. The molecule has 0 aliphatic heterocycles. The van der Waals surface area contributed by atoms with E-state index < -0.39 is 18.2 Å². The van der Waals surface area contributed by atoms with Crippen LogP contribution in [0, 0.1) is 0 Å². The number of Topliss-reactive ketones (excluding diaryl/α,β-unsaturated/α-hetero) is 1. The van der Waals surface area contributed by atoms with Crippen LogP contribution in [0.2, 0.25) is 5.02 Å². The van der Waals surface area contributed by atoms with Crippen molar-refractivity contribution in [2.24, 2.45) is 0 Å². The summed E-state index contributed by atoms with van der Waals surface area (Å²) in [5.74, 6) is -1.10. The van der Waals surface area contributed by atoms with Gasteiger partial charge in [0, 0.05) is 33.8 Å². The Hall–Kier alpha value is -4.75. The van der Waals surface area contributed by atoms with Crippen molar-refractivity contribution in [3.05, 3.63) is 124 Å². The summed E-state index contributed by atoms with van der Waals surface area (Å²) >= 11 is 5.92. The average molecular weight is 511 g/mol. The van der Waals surface area contributed by atoms with Crippen molar-refractivity contribution >= 4 is 40.4 Å². The van der Waals surface area contributed by atoms with Gasteiger partial charge in [-0.15, -0.1) is 0 Å². The molecule has 7 nitrogen and oxygen atoms in total. The first-order chi connectivity index (χ1) is 18.0. The fraction of sp³-hybridized carbons (Fsp3) is 0.0345. The monoisotopic (exact) mass is 510 g/mol. The van der Waals surface area contributed by atoms with Crippen molar-refractivity contribution in [3.63, 3.8) is 0 Å². The van der Waals surface area contributed by atoms with Gasteiger partial charge >= 0.3 is 11.6 Å². The van der Waals surface area contributed by atoms with E-state index in [1.54, 1.807) is 47.3 Å². The summed E-state index contributed by atoms with van der Waals surface area (Å²) in [6.07, 6.45) is 4.37. The number of rotatable bonds is 7. The number of carbonyl (C=O) groups excluding carboxylic acids is 2. The van der Waals surface area contributed by atoms with Crippen LogP contribution in [-0.2, 0) is 9.53 Å². The molecule has 0 bridgehead atoms. The van der Waals surface area contributed by atoms with Crippen LogP contribution < -0.4 is 5.63 Å². The van der Waals surface area contributed by atoms with Crippen molar-refractivity contribution in [1.29, 1.82) is 0 Å². The maximum atomic E-state index is 12.8. The molecule has 0 aliphatic carbocycles. The third kappa shape index (κ3) is 5.42. The first-order valence-corrected chi connectivity index (χ1v) is 11.7. The zero-order chi connectivity index (χ0) is 25.8. The van der Waals surface area contributed by atoms with E-state index in [9.17, 15) is 14.4 Å². The first kappa shape index (κ1) is 24.0. The van der Waals surface area contributed by atoms with Crippen LogP contribution in [-0.4, -0.2) is 28.1 Å². The van der Waals surface area contributed by atoms with Crippen molar-refractivity contribution in [2.75, 3.05) is 6.61 Å². The van der Waals surface area contributed by atoms with Crippen LogP contribution in [0.3, 0.4) is 0 Å². The number of carbonyl (C=O) groups is 2. The van der Waals surface area contributed by atoms with Gasteiger partial charge in [-0.1, -0.05) is 60.1 Å². The Morgan fingerprint density at radius 3 is 2.57 bits per heavy atom. The Morgan fingerprint density at radius 2 is 1.76 bits per heavy atom. The summed E-state index contributed by atoms with van der Waals surface area (Å²) in [4.78, 5) is 37.5. The largest absolute Gasteiger partial charge is 0.454 e. The van der Waals surface area contributed by atoms with E-state index in [-0.39, 0.29) is 11.3 Å². The van der Waals surface area contributed by atoms with Crippen LogP contribution >= 0.6 is 11.6 Å². The molecule has 2 aromatic heterocycles. The van der Waals surface area contributed by atoms with Gasteiger partial charge < -0.3 is 9.15 Å². The highest BCUT2D eigenvalue weighted by atomic mass is 35.5. The third-order valence-corrected chi connectivity index (χ3v) is 5.79. The van der Waals surface area contributed by atoms with Gasteiger partial charge in [-0.05, 0) is 42.5 Å². The maximum Gasteiger partial charge on any atom is 0.345 e. The fourth-order valence-electron chi connectivity index (χ4n) is 3.75. The van der Waals surface area contributed by atoms with Gasteiger partial charge in [0.15, 0.2) is 12.4 Å². The van der Waals surface area contributed by atoms with Crippen LogP contribution in [0.15, 0.2) is 106 Å². The van der Waals surface area contributed by atoms with E-state index in [1.165, 1.54) is 18.2 Å². The molecule has 8 heteroatoms. The number of hydrogen-bond acceptors (Lipinski definition) is 6. The minimum Gasteiger partial charge on any atom is -0.454 e. The molecule has 3 aromatic carbocycles. The topological polar surface area (TPSA) is 91.4 Å². The molecule has 0 spiro atoms. The quantitative estimate of drug-likeness (QED) is 0.120. The lowest BCUT2D eigenvalue weighted by atomic mass is 10.1. The van der Waals surface area contributed by atoms with E-state index in [1.807, 2.05) is 42.5 Å². The SMILES string of the molecule is O=C(C=Cc1cn(-c2ccccc2)nc1-c1cc2ccccc2oc1=O)OCC(=O)c1cccc(Cl)c1. The molecule has 5 aromatic rings. The molecular weight excluding hydrogens is 492 g/mol. The Balaban J connectivity index is 1.44. The number of para-hydroxylation sites is 2. The minimum absolute atomic E-state index is 0.248. The van der Waals surface area contributed by atoms with Crippen molar-refractivity contribution < 1.29 is 18.7 Å². The maximum absolute atomic E-state index is 12.8. The molecule has 37 heavy (non-hydrogen) atoms. The molecule has 2 heterocycles. The molecule has 0 fully saturated rings. The number of benzene rings is 3. The van der Waals surface area contributed by atoms with Crippen LogP contribution in [0.4, 0.5) is 0 Å². The Bertz CT molecular complexity index is 1700. The Kier molecular flexibility index (Phi) is 6.78. The zero-order valence-electron chi connectivity index (χ0n) is 19.3. The average Bonchev–Trinajstić information content (AvgIpc) is 3.34. The zero-order valence-corrected chi connectivity index (χ0v) is 20.1. The van der Waals surface area contributed by atoms with Gasteiger partial charge in [0.1, 0.15) is 11.3 Å². The fourth-order valence-corrected chi connectivity index (χ4v) is 3.94. The number of hydrogen-bond donors (Lipinski definition) is 0. The molecule has 0 aliphatic rings. The highest BCUT2D eigenvalue weighted by Crippen LogP contribution is 2.25. The van der Waals surface area contributed by atoms with E-state index in [0.29, 0.717) is 27.4 Å². The molecule has 0 saturated heterocycles.